The third kappa shape index (κ3) is 3.65. The molecule has 9 heteroatoms. The molecule has 0 spiro atoms. The van der Waals surface area contributed by atoms with Gasteiger partial charge in [0, 0.05) is 18.3 Å². The Morgan fingerprint density at radius 3 is 2.61 bits per heavy atom. The number of fused-ring (bicyclic) bond motifs is 5. The smallest absolute Gasteiger partial charge is 0.267 e. The number of guanidine groups is 1. The van der Waals surface area contributed by atoms with Crippen LogP contribution in [0.4, 0.5) is 21.7 Å². The van der Waals surface area contributed by atoms with E-state index in [0.29, 0.717) is 35.4 Å². The number of rotatable bonds is 5. The summed E-state index contributed by atoms with van der Waals surface area (Å²) in [7, 11) is 1.79. The van der Waals surface area contributed by atoms with Gasteiger partial charge < -0.3 is 5.32 Å². The maximum absolute atomic E-state index is 13.7. The van der Waals surface area contributed by atoms with Crippen molar-refractivity contribution in [3.05, 3.63) is 89.9 Å². The summed E-state index contributed by atoms with van der Waals surface area (Å²) < 4.78 is 15.5. The lowest BCUT2D eigenvalue weighted by molar-refractivity contribution is 0.0866. The Labute approximate surface area is 219 Å². The van der Waals surface area contributed by atoms with E-state index in [9.17, 15) is 9.18 Å². The number of benzene rings is 2. The maximum atomic E-state index is 13.7. The van der Waals surface area contributed by atoms with Crippen molar-refractivity contribution < 1.29 is 9.18 Å². The van der Waals surface area contributed by atoms with E-state index in [1.54, 1.807) is 24.1 Å². The molecule has 4 aromatic rings. The second-order valence-corrected chi connectivity index (χ2v) is 9.97. The third-order valence-corrected chi connectivity index (χ3v) is 7.59. The number of pyridine rings is 1. The molecule has 1 saturated carbocycles. The van der Waals surface area contributed by atoms with Gasteiger partial charge in [0.15, 0.2) is 5.82 Å². The van der Waals surface area contributed by atoms with Gasteiger partial charge in [0.05, 0.1) is 24.3 Å². The Hall–Kier alpha value is -4.53. The van der Waals surface area contributed by atoms with Gasteiger partial charge in [-0.1, -0.05) is 48.5 Å². The standard InChI is InChI=1S/C29H26FN7O/c1-35-28(38)25-26(31-20-7-3-2-4-8-20)36(34-27(25)37-23-11-5-10-22(23)33-29(35)37)17-18-13-15-19(16-14-18)21-9-6-12-24(30)32-21/h2-4,6-9,12-16,22-23,31H,5,10-11,17H2,1H3/t22-,23?/m1/s1. The van der Waals surface area contributed by atoms with Gasteiger partial charge in [0.1, 0.15) is 11.4 Å². The summed E-state index contributed by atoms with van der Waals surface area (Å²) in [5.41, 5.74) is 3.84. The summed E-state index contributed by atoms with van der Waals surface area (Å²) in [6.45, 7) is 0.449. The molecular formula is C29H26FN7O. The molecule has 8 nitrogen and oxygen atoms in total. The summed E-state index contributed by atoms with van der Waals surface area (Å²) in [6, 6.07) is 22.8. The van der Waals surface area contributed by atoms with Crippen LogP contribution in [0.3, 0.4) is 0 Å². The second kappa shape index (κ2) is 8.79. The molecule has 1 N–H and O–H groups in total. The molecule has 2 aromatic heterocycles. The van der Waals surface area contributed by atoms with Crippen LogP contribution in [-0.2, 0) is 6.54 Å². The van der Waals surface area contributed by atoms with Crippen LogP contribution in [0.2, 0.25) is 0 Å². The lowest BCUT2D eigenvalue weighted by Gasteiger charge is -2.34. The van der Waals surface area contributed by atoms with E-state index in [1.165, 1.54) is 6.07 Å². The van der Waals surface area contributed by atoms with Gasteiger partial charge in [-0.25, -0.2) is 14.7 Å². The average Bonchev–Trinajstić information content (AvgIpc) is 3.62. The van der Waals surface area contributed by atoms with Crippen LogP contribution < -0.4 is 10.2 Å². The molecule has 7 rings (SSSR count). The first kappa shape index (κ1) is 22.7. The molecule has 3 aliphatic rings. The van der Waals surface area contributed by atoms with Crippen molar-refractivity contribution in [1.82, 2.24) is 19.7 Å². The van der Waals surface area contributed by atoms with Gasteiger partial charge in [0.2, 0.25) is 11.9 Å². The zero-order chi connectivity index (χ0) is 25.8. The highest BCUT2D eigenvalue weighted by atomic mass is 19.1. The molecule has 2 aliphatic heterocycles. The highest BCUT2D eigenvalue weighted by molar-refractivity contribution is 6.21. The van der Waals surface area contributed by atoms with E-state index in [2.05, 4.69) is 15.2 Å². The number of aromatic nitrogens is 3. The Bertz CT molecular complexity index is 1560. The topological polar surface area (TPSA) is 78.7 Å². The molecule has 38 heavy (non-hydrogen) atoms. The number of carbonyl (C=O) groups is 1. The van der Waals surface area contributed by atoms with Crippen molar-refractivity contribution in [3.8, 4) is 11.3 Å². The lowest BCUT2D eigenvalue weighted by atomic mass is 10.1. The summed E-state index contributed by atoms with van der Waals surface area (Å²) in [6.07, 6.45) is 3.19. The van der Waals surface area contributed by atoms with Crippen molar-refractivity contribution in [2.75, 3.05) is 17.3 Å². The number of anilines is 3. The maximum Gasteiger partial charge on any atom is 0.267 e. The van der Waals surface area contributed by atoms with Gasteiger partial charge >= 0.3 is 0 Å². The van der Waals surface area contributed by atoms with Crippen LogP contribution in [0.1, 0.15) is 35.2 Å². The number of hydrogen-bond acceptors (Lipinski definition) is 6. The van der Waals surface area contributed by atoms with E-state index < -0.39 is 5.95 Å². The molecule has 1 amide bonds. The first-order valence-electron chi connectivity index (χ1n) is 12.9. The van der Waals surface area contributed by atoms with Crippen LogP contribution in [0, 0.1) is 5.95 Å². The zero-order valence-corrected chi connectivity index (χ0v) is 20.9. The molecule has 2 atom stereocenters. The van der Waals surface area contributed by atoms with Gasteiger partial charge in [-0.3, -0.25) is 14.6 Å². The summed E-state index contributed by atoms with van der Waals surface area (Å²) in [5, 5.41) is 8.48. The Kier molecular flexibility index (Phi) is 5.24. The minimum absolute atomic E-state index is 0.118. The molecule has 1 unspecified atom stereocenters. The van der Waals surface area contributed by atoms with Crippen LogP contribution >= 0.6 is 0 Å². The number of hydrogen-bond donors (Lipinski definition) is 1. The lowest BCUT2D eigenvalue weighted by Crippen LogP contribution is -2.51. The number of amides is 1. The van der Waals surface area contributed by atoms with E-state index in [0.717, 1.165) is 36.1 Å². The fourth-order valence-corrected chi connectivity index (χ4v) is 5.73. The number of nitrogens with one attached hydrogen (secondary N) is 1. The SMILES string of the molecule is CN1C(=O)c2c(nn(Cc3ccc(-c4cccc(F)n4)cc3)c2Nc2ccccc2)N2C1=N[C@@H]1CCCC12. The van der Waals surface area contributed by atoms with Gasteiger partial charge in [-0.15, -0.1) is 0 Å². The zero-order valence-electron chi connectivity index (χ0n) is 20.9. The number of para-hydroxylation sites is 1. The summed E-state index contributed by atoms with van der Waals surface area (Å²) in [5.74, 6) is 1.39. The average molecular weight is 508 g/mol. The van der Waals surface area contributed by atoms with E-state index >= 15 is 0 Å². The first-order valence-corrected chi connectivity index (χ1v) is 12.9. The van der Waals surface area contributed by atoms with Gasteiger partial charge in [-0.2, -0.15) is 9.49 Å². The Morgan fingerprint density at radius 2 is 1.82 bits per heavy atom. The van der Waals surface area contributed by atoms with Crippen molar-refractivity contribution in [1.29, 1.82) is 0 Å². The van der Waals surface area contributed by atoms with Gasteiger partial charge in [0.25, 0.3) is 5.91 Å². The molecular weight excluding hydrogens is 481 g/mol. The second-order valence-electron chi connectivity index (χ2n) is 9.97. The molecule has 4 heterocycles. The highest BCUT2D eigenvalue weighted by Gasteiger charge is 2.49. The number of nitrogens with zero attached hydrogens (tertiary/aromatic N) is 6. The minimum Gasteiger partial charge on any atom is -0.340 e. The number of carbonyl (C=O) groups excluding carboxylic acids is 1. The predicted molar refractivity (Wildman–Crippen MR) is 144 cm³/mol. The minimum atomic E-state index is -0.505. The Morgan fingerprint density at radius 1 is 1.00 bits per heavy atom. The predicted octanol–water partition coefficient (Wildman–Crippen LogP) is 5.06. The van der Waals surface area contributed by atoms with Crippen molar-refractivity contribution in [2.24, 2.45) is 4.99 Å². The fraction of sp³-hybridized carbons (Fsp3) is 0.241. The van der Waals surface area contributed by atoms with Crippen molar-refractivity contribution >= 4 is 29.2 Å². The van der Waals surface area contributed by atoms with E-state index in [4.69, 9.17) is 10.1 Å². The quantitative estimate of drug-likeness (QED) is 0.382. The third-order valence-electron chi connectivity index (χ3n) is 7.59. The molecule has 0 radical (unpaired) electrons. The summed E-state index contributed by atoms with van der Waals surface area (Å²) >= 11 is 0. The molecule has 0 bridgehead atoms. The van der Waals surface area contributed by atoms with Crippen LogP contribution in [0.25, 0.3) is 11.3 Å². The molecule has 1 aliphatic carbocycles. The molecule has 2 aromatic carbocycles. The monoisotopic (exact) mass is 507 g/mol. The van der Waals surface area contributed by atoms with Crippen LogP contribution in [0.5, 0.6) is 0 Å². The number of aliphatic imine (C=N–C) groups is 1. The largest absolute Gasteiger partial charge is 0.340 e. The van der Waals surface area contributed by atoms with Crippen molar-refractivity contribution in [3.63, 3.8) is 0 Å². The Balaban J connectivity index is 1.29. The molecule has 1 fully saturated rings. The molecule has 190 valence electrons. The van der Waals surface area contributed by atoms with Crippen LogP contribution in [-0.4, -0.2) is 50.7 Å². The normalized spacial score (nSPS) is 19.7. The number of halogens is 1. The molecule has 0 saturated heterocycles. The highest BCUT2D eigenvalue weighted by Crippen LogP contribution is 2.43. The van der Waals surface area contributed by atoms with Crippen LogP contribution in [0.15, 0.2) is 77.8 Å². The van der Waals surface area contributed by atoms with Gasteiger partial charge in [-0.05, 0) is 49.1 Å². The van der Waals surface area contributed by atoms with Crippen molar-refractivity contribution in [2.45, 2.75) is 37.9 Å². The summed E-state index contributed by atoms with van der Waals surface area (Å²) in [4.78, 5) is 26.4. The van der Waals surface area contributed by atoms with E-state index in [-0.39, 0.29) is 18.0 Å². The fourth-order valence-electron chi connectivity index (χ4n) is 5.73. The van der Waals surface area contributed by atoms with E-state index in [1.807, 2.05) is 59.3 Å². The first-order chi connectivity index (χ1) is 18.6.